The molecular weight excluding hydrogens is 382 g/mol. The second-order valence-electron chi connectivity index (χ2n) is 6.82. The number of carbonyl (C=O) groups is 1. The second-order valence-corrected chi connectivity index (χ2v) is 6.82. The maximum absolute atomic E-state index is 13.1. The van der Waals surface area contributed by atoms with Crippen molar-refractivity contribution in [1.29, 1.82) is 0 Å². The van der Waals surface area contributed by atoms with E-state index in [4.69, 9.17) is 9.47 Å². The van der Waals surface area contributed by atoms with Crippen LogP contribution in [0.4, 0.5) is 10.5 Å². The lowest BCUT2D eigenvalue weighted by Gasteiger charge is -2.24. The largest absolute Gasteiger partial charge is 0.495 e. The molecule has 0 aliphatic rings. The summed E-state index contributed by atoms with van der Waals surface area (Å²) in [7, 11) is 1.56. The highest BCUT2D eigenvalue weighted by Gasteiger charge is 2.17. The fourth-order valence-electron chi connectivity index (χ4n) is 3.40. The Hall–Kier alpha value is -3.48. The lowest BCUT2D eigenvalue weighted by atomic mass is 10.1. The number of H-pyrrole nitrogens is 1. The molecule has 1 heterocycles. The number of carbonyl (C=O) groups excluding carboxylic acids is 1. The average molecular weight is 409 g/mol. The van der Waals surface area contributed by atoms with Crippen molar-refractivity contribution in [3.8, 4) is 11.5 Å². The summed E-state index contributed by atoms with van der Waals surface area (Å²) in [5, 5.41) is 3.78. The molecule has 1 aromatic heterocycles. The predicted molar refractivity (Wildman–Crippen MR) is 118 cm³/mol. The Morgan fingerprint density at radius 1 is 1.10 bits per heavy atom. The summed E-state index contributed by atoms with van der Waals surface area (Å²) in [5.74, 6) is 1.21. The smallest absolute Gasteiger partial charge is 0.322 e. The molecule has 0 bridgehead atoms. The van der Waals surface area contributed by atoms with Gasteiger partial charge in [0.15, 0.2) is 0 Å². The molecule has 0 saturated heterocycles. The van der Waals surface area contributed by atoms with Gasteiger partial charge in [0.05, 0.1) is 24.9 Å². The van der Waals surface area contributed by atoms with E-state index < -0.39 is 0 Å². The molecule has 7 heteroatoms. The van der Waals surface area contributed by atoms with Crippen molar-refractivity contribution >= 4 is 22.6 Å². The monoisotopic (exact) mass is 409 g/mol. The minimum absolute atomic E-state index is 0.236. The third-order valence-electron chi connectivity index (χ3n) is 4.72. The molecule has 0 radical (unpaired) electrons. The molecule has 0 spiro atoms. The number of urea groups is 1. The van der Waals surface area contributed by atoms with Crippen LogP contribution < -0.4 is 20.3 Å². The first kappa shape index (κ1) is 21.2. The maximum Gasteiger partial charge on any atom is 0.322 e. The van der Waals surface area contributed by atoms with Crippen LogP contribution in [-0.4, -0.2) is 36.2 Å². The van der Waals surface area contributed by atoms with E-state index in [0.717, 1.165) is 17.4 Å². The second kappa shape index (κ2) is 9.82. The number of methoxy groups -OCH3 is 1. The van der Waals surface area contributed by atoms with Gasteiger partial charge in [0, 0.05) is 24.5 Å². The SMILES string of the molecule is CCCN(Cc1cc(=O)[nH]c2c(OC)cccc12)C(=O)Nc1ccccc1OCC. The van der Waals surface area contributed by atoms with Gasteiger partial charge in [-0.05, 0) is 37.1 Å². The molecule has 0 unspecified atom stereocenters. The van der Waals surface area contributed by atoms with Gasteiger partial charge in [-0.15, -0.1) is 0 Å². The zero-order chi connectivity index (χ0) is 21.5. The van der Waals surface area contributed by atoms with Crippen molar-refractivity contribution in [1.82, 2.24) is 9.88 Å². The Balaban J connectivity index is 1.91. The van der Waals surface area contributed by atoms with Crippen LogP contribution >= 0.6 is 0 Å². The van der Waals surface area contributed by atoms with Gasteiger partial charge in [-0.25, -0.2) is 4.79 Å². The molecule has 0 atom stereocenters. The number of aromatic nitrogens is 1. The fourth-order valence-corrected chi connectivity index (χ4v) is 3.40. The molecule has 2 aromatic carbocycles. The van der Waals surface area contributed by atoms with E-state index in [1.165, 1.54) is 6.07 Å². The van der Waals surface area contributed by atoms with E-state index >= 15 is 0 Å². The van der Waals surface area contributed by atoms with Crippen molar-refractivity contribution in [3.05, 3.63) is 64.4 Å². The van der Waals surface area contributed by atoms with Gasteiger partial charge in [0.2, 0.25) is 5.56 Å². The molecular formula is C23H27N3O4. The maximum atomic E-state index is 13.1. The van der Waals surface area contributed by atoms with Crippen LogP contribution in [0.1, 0.15) is 25.8 Å². The predicted octanol–water partition coefficient (Wildman–Crippen LogP) is 4.38. The van der Waals surface area contributed by atoms with Crippen molar-refractivity contribution in [2.24, 2.45) is 0 Å². The summed E-state index contributed by atoms with van der Waals surface area (Å²) in [4.78, 5) is 29.8. The first-order valence-corrected chi connectivity index (χ1v) is 10.0. The normalized spacial score (nSPS) is 10.6. The number of nitrogens with zero attached hydrogens (tertiary/aromatic N) is 1. The number of nitrogens with one attached hydrogen (secondary N) is 2. The number of anilines is 1. The number of rotatable bonds is 8. The lowest BCUT2D eigenvalue weighted by molar-refractivity contribution is 0.209. The van der Waals surface area contributed by atoms with Gasteiger partial charge in [0.25, 0.3) is 0 Å². The van der Waals surface area contributed by atoms with E-state index in [9.17, 15) is 9.59 Å². The van der Waals surface area contributed by atoms with Crippen molar-refractivity contribution in [2.75, 3.05) is 25.6 Å². The van der Waals surface area contributed by atoms with Gasteiger partial charge in [-0.1, -0.05) is 31.2 Å². The van der Waals surface area contributed by atoms with Crippen LogP contribution in [0.2, 0.25) is 0 Å². The highest BCUT2D eigenvalue weighted by Crippen LogP contribution is 2.27. The molecule has 0 aliphatic carbocycles. The molecule has 2 amide bonds. The number of benzene rings is 2. The zero-order valence-electron chi connectivity index (χ0n) is 17.5. The highest BCUT2D eigenvalue weighted by atomic mass is 16.5. The Kier molecular flexibility index (Phi) is 6.95. The molecule has 0 aliphatic heterocycles. The number of hydrogen-bond acceptors (Lipinski definition) is 4. The standard InChI is InChI=1S/C23H27N3O4/c1-4-13-26(23(28)24-18-10-6-7-11-19(18)30-5-2)15-16-14-21(27)25-22-17(16)9-8-12-20(22)29-3/h6-12,14H,4-5,13,15H2,1-3H3,(H,24,28)(H,25,27). The molecule has 2 N–H and O–H groups in total. The van der Waals surface area contributed by atoms with Crippen molar-refractivity contribution in [3.63, 3.8) is 0 Å². The first-order chi connectivity index (χ1) is 14.6. The Morgan fingerprint density at radius 2 is 1.87 bits per heavy atom. The van der Waals surface area contributed by atoms with Gasteiger partial charge < -0.3 is 24.7 Å². The Labute approximate surface area is 175 Å². The highest BCUT2D eigenvalue weighted by molar-refractivity contribution is 5.92. The zero-order valence-corrected chi connectivity index (χ0v) is 17.5. The van der Waals surface area contributed by atoms with Gasteiger partial charge in [0.1, 0.15) is 11.5 Å². The fraction of sp³-hybridized carbons (Fsp3) is 0.304. The summed E-state index contributed by atoms with van der Waals surface area (Å²) in [6.07, 6.45) is 0.783. The topological polar surface area (TPSA) is 83.7 Å². The molecule has 3 aromatic rings. The van der Waals surface area contributed by atoms with Crippen LogP contribution in [0, 0.1) is 0 Å². The van der Waals surface area contributed by atoms with Crippen LogP contribution in [0.3, 0.4) is 0 Å². The summed E-state index contributed by atoms with van der Waals surface area (Å²) in [6.45, 7) is 5.25. The van der Waals surface area contributed by atoms with Gasteiger partial charge >= 0.3 is 6.03 Å². The van der Waals surface area contributed by atoms with Crippen LogP contribution in [0.5, 0.6) is 11.5 Å². The number of ether oxygens (including phenoxy) is 2. The van der Waals surface area contributed by atoms with Gasteiger partial charge in [-0.3, -0.25) is 4.79 Å². The van der Waals surface area contributed by atoms with Crippen LogP contribution in [0.25, 0.3) is 10.9 Å². The van der Waals surface area contributed by atoms with E-state index in [0.29, 0.717) is 42.4 Å². The summed E-state index contributed by atoms with van der Waals surface area (Å²) in [5.41, 5.74) is 1.76. The minimum atomic E-state index is -0.250. The van der Waals surface area contributed by atoms with Crippen LogP contribution in [-0.2, 0) is 6.54 Å². The van der Waals surface area contributed by atoms with E-state index in [-0.39, 0.29) is 11.6 Å². The summed E-state index contributed by atoms with van der Waals surface area (Å²) < 4.78 is 11.0. The molecule has 158 valence electrons. The molecule has 0 saturated carbocycles. The van der Waals surface area contributed by atoms with Gasteiger partial charge in [-0.2, -0.15) is 0 Å². The molecule has 7 nitrogen and oxygen atoms in total. The summed E-state index contributed by atoms with van der Waals surface area (Å²) in [6, 6.07) is 14.2. The number of fused-ring (bicyclic) bond motifs is 1. The number of para-hydroxylation sites is 3. The van der Waals surface area contributed by atoms with Crippen LogP contribution in [0.15, 0.2) is 53.3 Å². The van der Waals surface area contributed by atoms with E-state index in [1.54, 1.807) is 24.1 Å². The third kappa shape index (κ3) is 4.74. The number of aromatic amines is 1. The number of hydrogen-bond donors (Lipinski definition) is 2. The molecule has 3 rings (SSSR count). The van der Waals surface area contributed by atoms with E-state index in [2.05, 4.69) is 10.3 Å². The number of pyridine rings is 1. The third-order valence-corrected chi connectivity index (χ3v) is 4.72. The average Bonchev–Trinajstić information content (AvgIpc) is 2.74. The minimum Gasteiger partial charge on any atom is -0.495 e. The first-order valence-electron chi connectivity index (χ1n) is 10.0. The summed E-state index contributed by atoms with van der Waals surface area (Å²) >= 11 is 0. The quantitative estimate of drug-likeness (QED) is 0.578. The number of amides is 2. The van der Waals surface area contributed by atoms with Crippen molar-refractivity contribution < 1.29 is 14.3 Å². The van der Waals surface area contributed by atoms with E-state index in [1.807, 2.05) is 44.2 Å². The molecule has 30 heavy (non-hydrogen) atoms. The lowest BCUT2D eigenvalue weighted by Crippen LogP contribution is -2.35. The Morgan fingerprint density at radius 3 is 2.60 bits per heavy atom. The molecule has 0 fully saturated rings. The Bertz CT molecular complexity index is 1080. The van der Waals surface area contributed by atoms with Crippen molar-refractivity contribution in [2.45, 2.75) is 26.8 Å².